The van der Waals surface area contributed by atoms with E-state index in [1.807, 2.05) is 42.5 Å². The van der Waals surface area contributed by atoms with Gasteiger partial charge in [-0.2, -0.15) is 0 Å². The second-order valence-electron chi connectivity index (χ2n) is 12.5. The van der Waals surface area contributed by atoms with Gasteiger partial charge in [0.05, 0.1) is 0 Å². The molecule has 7 aromatic carbocycles. The predicted molar refractivity (Wildman–Crippen MR) is 202 cm³/mol. The molecule has 5 nitrogen and oxygen atoms in total. The lowest BCUT2D eigenvalue weighted by Gasteiger charge is -2.10. The zero-order valence-electron chi connectivity index (χ0n) is 26.7. The summed E-state index contributed by atoms with van der Waals surface area (Å²) in [5, 5.41) is 4.23. The van der Waals surface area contributed by atoms with Gasteiger partial charge in [-0.3, -0.25) is 0 Å². The molecule has 0 aliphatic rings. The van der Waals surface area contributed by atoms with Crippen LogP contribution in [0.3, 0.4) is 0 Å². The number of hydrogen-bond donors (Lipinski definition) is 0. The van der Waals surface area contributed by atoms with Gasteiger partial charge in [0, 0.05) is 44.3 Å². The van der Waals surface area contributed by atoms with Crippen molar-refractivity contribution in [3.63, 3.8) is 0 Å². The largest absolute Gasteiger partial charge is 0.456 e. The molecule has 0 saturated heterocycles. The SMILES string of the molecule is c1ccc(-c2cccc(-c3nc(-c4cccc(-c5ccccc5)c4)nc(-c4ccc5c(c4)oc4cc6oc7ccccc7c6cc45)n3)c2)cc1. The van der Waals surface area contributed by atoms with Crippen LogP contribution >= 0.6 is 0 Å². The fourth-order valence-corrected chi connectivity index (χ4v) is 6.83. The molecule has 0 amide bonds. The average Bonchev–Trinajstić information content (AvgIpc) is 3.74. The van der Waals surface area contributed by atoms with E-state index < -0.39 is 0 Å². The van der Waals surface area contributed by atoms with Crippen molar-refractivity contribution in [2.24, 2.45) is 0 Å². The van der Waals surface area contributed by atoms with Crippen LogP contribution in [0.25, 0.3) is 100 Å². The van der Waals surface area contributed by atoms with Crippen LogP contribution in [0.1, 0.15) is 0 Å². The molecule has 5 heteroatoms. The Balaban J connectivity index is 1.13. The highest BCUT2D eigenvalue weighted by atomic mass is 16.3. The lowest BCUT2D eigenvalue weighted by Crippen LogP contribution is -2.00. The smallest absolute Gasteiger partial charge is 0.164 e. The molecule has 0 saturated carbocycles. The van der Waals surface area contributed by atoms with Crippen LogP contribution in [-0.4, -0.2) is 15.0 Å². The van der Waals surface area contributed by atoms with E-state index >= 15 is 0 Å². The molecule has 0 bridgehead atoms. The van der Waals surface area contributed by atoms with Crippen LogP contribution in [0.15, 0.2) is 173 Å². The first-order valence-electron chi connectivity index (χ1n) is 16.6. The molecule has 3 aromatic heterocycles. The topological polar surface area (TPSA) is 65.0 Å². The van der Waals surface area contributed by atoms with Gasteiger partial charge in [0.25, 0.3) is 0 Å². The van der Waals surface area contributed by atoms with E-state index in [2.05, 4.69) is 121 Å². The van der Waals surface area contributed by atoms with Crippen LogP contribution in [0, 0.1) is 0 Å². The van der Waals surface area contributed by atoms with E-state index in [0.29, 0.717) is 17.5 Å². The van der Waals surface area contributed by atoms with Crippen LogP contribution in [-0.2, 0) is 0 Å². The molecule has 50 heavy (non-hydrogen) atoms. The Labute approximate surface area is 287 Å². The zero-order chi connectivity index (χ0) is 33.0. The number of fused-ring (bicyclic) bond motifs is 6. The Morgan fingerprint density at radius 1 is 0.260 bits per heavy atom. The van der Waals surface area contributed by atoms with Gasteiger partial charge in [-0.05, 0) is 58.7 Å². The molecule has 234 valence electrons. The summed E-state index contributed by atoms with van der Waals surface area (Å²) in [4.78, 5) is 15.2. The van der Waals surface area contributed by atoms with Gasteiger partial charge >= 0.3 is 0 Å². The highest BCUT2D eigenvalue weighted by Gasteiger charge is 2.17. The Morgan fingerprint density at radius 2 is 0.700 bits per heavy atom. The van der Waals surface area contributed by atoms with Crippen LogP contribution in [0.2, 0.25) is 0 Å². The van der Waals surface area contributed by atoms with E-state index in [-0.39, 0.29) is 0 Å². The molecular weight excluding hydrogens is 615 g/mol. The van der Waals surface area contributed by atoms with Crippen molar-refractivity contribution in [1.82, 2.24) is 15.0 Å². The highest BCUT2D eigenvalue weighted by Crippen LogP contribution is 2.38. The molecule has 0 fully saturated rings. The summed E-state index contributed by atoms with van der Waals surface area (Å²) >= 11 is 0. The average molecular weight is 642 g/mol. The van der Waals surface area contributed by atoms with Crippen LogP contribution in [0.4, 0.5) is 0 Å². The second kappa shape index (κ2) is 11.4. The Bertz CT molecular complexity index is 2770. The molecule has 0 atom stereocenters. The zero-order valence-corrected chi connectivity index (χ0v) is 26.7. The summed E-state index contributed by atoms with van der Waals surface area (Å²) in [5.41, 5.74) is 10.3. The fourth-order valence-electron chi connectivity index (χ4n) is 6.83. The minimum absolute atomic E-state index is 0.572. The van der Waals surface area contributed by atoms with E-state index in [4.69, 9.17) is 23.8 Å². The quantitative estimate of drug-likeness (QED) is 0.187. The van der Waals surface area contributed by atoms with E-state index in [0.717, 1.165) is 82.8 Å². The van der Waals surface area contributed by atoms with E-state index in [1.54, 1.807) is 0 Å². The lowest BCUT2D eigenvalue weighted by atomic mass is 10.0. The van der Waals surface area contributed by atoms with E-state index in [9.17, 15) is 0 Å². The minimum atomic E-state index is 0.572. The van der Waals surface area contributed by atoms with Crippen molar-refractivity contribution < 1.29 is 8.83 Å². The normalized spacial score (nSPS) is 11.6. The summed E-state index contributed by atoms with van der Waals surface area (Å²) in [7, 11) is 0. The first-order valence-corrected chi connectivity index (χ1v) is 16.6. The van der Waals surface area contributed by atoms with Crippen molar-refractivity contribution in [2.45, 2.75) is 0 Å². The number of para-hydroxylation sites is 1. The maximum Gasteiger partial charge on any atom is 0.164 e. The molecule has 10 aromatic rings. The fraction of sp³-hybridized carbons (Fsp3) is 0. The summed E-state index contributed by atoms with van der Waals surface area (Å²) in [6.07, 6.45) is 0. The first-order chi connectivity index (χ1) is 24.7. The number of benzene rings is 7. The maximum atomic E-state index is 6.45. The molecule has 0 unspecified atom stereocenters. The number of hydrogen-bond acceptors (Lipinski definition) is 5. The molecule has 0 N–H and O–H groups in total. The third-order valence-electron chi connectivity index (χ3n) is 9.32. The van der Waals surface area contributed by atoms with Gasteiger partial charge < -0.3 is 8.83 Å². The Hall–Kier alpha value is -6.85. The highest BCUT2D eigenvalue weighted by molar-refractivity contribution is 6.15. The van der Waals surface area contributed by atoms with Crippen LogP contribution in [0.5, 0.6) is 0 Å². The molecule has 0 spiro atoms. The molecule has 0 radical (unpaired) electrons. The number of furan rings is 2. The first kappa shape index (κ1) is 28.2. The predicted octanol–water partition coefficient (Wildman–Crippen LogP) is 12.0. The summed E-state index contributed by atoms with van der Waals surface area (Å²) < 4.78 is 12.6. The van der Waals surface area contributed by atoms with Gasteiger partial charge in [-0.25, -0.2) is 15.0 Å². The number of rotatable bonds is 5. The van der Waals surface area contributed by atoms with Gasteiger partial charge in [-0.1, -0.05) is 121 Å². The molecule has 0 aliphatic heterocycles. The second-order valence-corrected chi connectivity index (χ2v) is 12.5. The van der Waals surface area contributed by atoms with Gasteiger partial charge in [0.1, 0.15) is 22.3 Å². The number of nitrogens with zero attached hydrogens (tertiary/aromatic N) is 3. The number of aromatic nitrogens is 3. The third kappa shape index (κ3) is 4.83. The minimum Gasteiger partial charge on any atom is -0.456 e. The van der Waals surface area contributed by atoms with Crippen molar-refractivity contribution in [2.75, 3.05) is 0 Å². The van der Waals surface area contributed by atoms with Crippen molar-refractivity contribution >= 4 is 43.9 Å². The third-order valence-corrected chi connectivity index (χ3v) is 9.32. The summed E-state index contributed by atoms with van der Waals surface area (Å²) in [5.74, 6) is 1.78. The summed E-state index contributed by atoms with van der Waals surface area (Å²) in [6.45, 7) is 0. The van der Waals surface area contributed by atoms with Gasteiger partial charge in [-0.15, -0.1) is 0 Å². The molecular formula is C45H27N3O2. The van der Waals surface area contributed by atoms with E-state index in [1.165, 1.54) is 0 Å². The summed E-state index contributed by atoms with van der Waals surface area (Å²) in [6, 6.07) is 55.9. The van der Waals surface area contributed by atoms with Crippen molar-refractivity contribution in [3.8, 4) is 56.4 Å². The Kier molecular flexibility index (Phi) is 6.42. The van der Waals surface area contributed by atoms with Gasteiger partial charge in [0.15, 0.2) is 17.5 Å². The van der Waals surface area contributed by atoms with Crippen molar-refractivity contribution in [3.05, 3.63) is 164 Å². The standard InChI is InChI=1S/C45H27N3O2/c1-3-11-28(12-4-1)30-15-9-17-32(23-30)43-46-44(33-18-10-16-31(24-33)29-13-5-2-6-14-29)48-45(47-43)34-21-22-36-38-26-37-35-19-7-8-20-39(35)49-41(37)27-42(38)50-40(36)25-34/h1-27H. The Morgan fingerprint density at radius 3 is 1.30 bits per heavy atom. The lowest BCUT2D eigenvalue weighted by molar-refractivity contribution is 0.656. The molecule has 3 heterocycles. The van der Waals surface area contributed by atoms with Crippen LogP contribution < -0.4 is 0 Å². The maximum absolute atomic E-state index is 6.45. The monoisotopic (exact) mass is 641 g/mol. The van der Waals surface area contributed by atoms with Crippen molar-refractivity contribution in [1.29, 1.82) is 0 Å². The molecule has 0 aliphatic carbocycles. The molecule has 10 rings (SSSR count). The van der Waals surface area contributed by atoms with Gasteiger partial charge in [0.2, 0.25) is 0 Å².